The summed E-state index contributed by atoms with van der Waals surface area (Å²) in [6.07, 6.45) is 1.90. The zero-order valence-corrected chi connectivity index (χ0v) is 18.7. The molecule has 0 aliphatic carbocycles. The number of ether oxygens (including phenoxy) is 1. The molecular weight excluding hydrogens is 390 g/mol. The Morgan fingerprint density at radius 1 is 1.03 bits per heavy atom. The van der Waals surface area contributed by atoms with E-state index in [0.29, 0.717) is 12.2 Å². The molecular formula is C25H33N3O3. The molecule has 166 valence electrons. The largest absolute Gasteiger partial charge is 0.371 e. The molecule has 1 fully saturated rings. The first kappa shape index (κ1) is 23.0. The molecule has 1 aliphatic rings. The van der Waals surface area contributed by atoms with Gasteiger partial charge in [-0.1, -0.05) is 48.0 Å². The molecule has 1 heterocycles. The van der Waals surface area contributed by atoms with Crippen LogP contribution < -0.4 is 10.6 Å². The van der Waals surface area contributed by atoms with Gasteiger partial charge in [0.15, 0.2) is 0 Å². The highest BCUT2D eigenvalue weighted by Gasteiger charge is 2.21. The lowest BCUT2D eigenvalue weighted by molar-refractivity contribution is -0.136. The lowest BCUT2D eigenvalue weighted by Crippen LogP contribution is -2.39. The van der Waals surface area contributed by atoms with Gasteiger partial charge < -0.3 is 15.4 Å². The zero-order valence-electron chi connectivity index (χ0n) is 18.7. The second-order valence-corrected chi connectivity index (χ2v) is 8.26. The van der Waals surface area contributed by atoms with Crippen molar-refractivity contribution >= 4 is 17.5 Å². The molecule has 2 aromatic carbocycles. The third-order valence-electron chi connectivity index (χ3n) is 5.63. The predicted octanol–water partition coefficient (Wildman–Crippen LogP) is 3.52. The first-order chi connectivity index (χ1) is 14.9. The smallest absolute Gasteiger partial charge is 0.313 e. The fourth-order valence-electron chi connectivity index (χ4n) is 4.07. The van der Waals surface area contributed by atoms with Crippen LogP contribution in [0.15, 0.2) is 42.5 Å². The van der Waals surface area contributed by atoms with Crippen molar-refractivity contribution in [1.29, 1.82) is 0 Å². The molecule has 0 aromatic heterocycles. The average Bonchev–Trinajstić information content (AvgIpc) is 2.76. The number of amides is 2. The Labute approximate surface area is 185 Å². The van der Waals surface area contributed by atoms with Crippen LogP contribution in [0, 0.1) is 20.8 Å². The van der Waals surface area contributed by atoms with Crippen molar-refractivity contribution in [2.45, 2.75) is 39.7 Å². The maximum Gasteiger partial charge on any atom is 0.313 e. The molecule has 2 N–H and O–H groups in total. The Balaban J connectivity index is 1.36. The van der Waals surface area contributed by atoms with Crippen LogP contribution in [0.2, 0.25) is 0 Å². The predicted molar refractivity (Wildman–Crippen MR) is 123 cm³/mol. The molecule has 6 heteroatoms. The van der Waals surface area contributed by atoms with Crippen LogP contribution >= 0.6 is 0 Å². The number of aryl methyl sites for hydroxylation is 3. The molecule has 3 rings (SSSR count). The van der Waals surface area contributed by atoms with Crippen LogP contribution in [0.5, 0.6) is 0 Å². The lowest BCUT2D eigenvalue weighted by Gasteiger charge is -2.33. The first-order valence-electron chi connectivity index (χ1n) is 11.0. The van der Waals surface area contributed by atoms with Crippen molar-refractivity contribution in [2.75, 3.05) is 38.1 Å². The molecule has 1 aliphatic heterocycles. The molecule has 0 bridgehead atoms. The van der Waals surface area contributed by atoms with Crippen LogP contribution in [0.4, 0.5) is 5.69 Å². The Kier molecular flexibility index (Phi) is 8.20. The van der Waals surface area contributed by atoms with Crippen LogP contribution in [-0.2, 0) is 14.3 Å². The van der Waals surface area contributed by atoms with Crippen LogP contribution in [-0.4, -0.2) is 49.5 Å². The highest BCUT2D eigenvalue weighted by molar-refractivity contribution is 6.39. The van der Waals surface area contributed by atoms with E-state index in [4.69, 9.17) is 4.74 Å². The van der Waals surface area contributed by atoms with E-state index in [9.17, 15) is 9.59 Å². The minimum atomic E-state index is -0.617. The van der Waals surface area contributed by atoms with E-state index in [1.807, 2.05) is 51.1 Å². The number of benzene rings is 2. The van der Waals surface area contributed by atoms with E-state index in [-0.39, 0.29) is 6.10 Å². The Morgan fingerprint density at radius 3 is 2.45 bits per heavy atom. The fraction of sp³-hybridized carbons (Fsp3) is 0.440. The van der Waals surface area contributed by atoms with Crippen LogP contribution in [0.3, 0.4) is 0 Å². The average molecular weight is 424 g/mol. The summed E-state index contributed by atoms with van der Waals surface area (Å²) in [5, 5.41) is 5.48. The van der Waals surface area contributed by atoms with Gasteiger partial charge in [-0.3, -0.25) is 14.5 Å². The topological polar surface area (TPSA) is 70.7 Å². The van der Waals surface area contributed by atoms with E-state index in [2.05, 4.69) is 27.7 Å². The lowest BCUT2D eigenvalue weighted by atomic mass is 10.1. The zero-order chi connectivity index (χ0) is 22.2. The van der Waals surface area contributed by atoms with Crippen LogP contribution in [0.1, 0.15) is 41.2 Å². The summed E-state index contributed by atoms with van der Waals surface area (Å²) < 4.78 is 5.91. The molecule has 1 saturated heterocycles. The van der Waals surface area contributed by atoms with Crippen LogP contribution in [0.25, 0.3) is 0 Å². The highest BCUT2D eigenvalue weighted by atomic mass is 16.5. The summed E-state index contributed by atoms with van der Waals surface area (Å²) in [7, 11) is 0. The minimum Gasteiger partial charge on any atom is -0.371 e. The number of hydrogen-bond donors (Lipinski definition) is 2. The number of rotatable bonds is 7. The number of carbonyl (C=O) groups excluding carboxylic acids is 2. The molecule has 1 atom stereocenters. The van der Waals surface area contributed by atoms with Gasteiger partial charge in [0, 0.05) is 25.3 Å². The summed E-state index contributed by atoms with van der Waals surface area (Å²) >= 11 is 0. The summed E-state index contributed by atoms with van der Waals surface area (Å²) in [6, 6.07) is 14.3. The van der Waals surface area contributed by atoms with Gasteiger partial charge in [0.1, 0.15) is 0 Å². The number of hydrogen-bond acceptors (Lipinski definition) is 4. The molecule has 31 heavy (non-hydrogen) atoms. The monoisotopic (exact) mass is 423 g/mol. The SMILES string of the molecule is Cc1cc(C)c(NC(=O)C(=O)NCCCCN2CCO[C@@H](c3ccccc3)C2)c(C)c1. The van der Waals surface area contributed by atoms with Gasteiger partial charge in [0.2, 0.25) is 0 Å². The van der Waals surface area contributed by atoms with Crippen molar-refractivity contribution < 1.29 is 14.3 Å². The van der Waals surface area contributed by atoms with Gasteiger partial charge in [0.05, 0.1) is 12.7 Å². The Hall–Kier alpha value is -2.70. The molecule has 0 spiro atoms. The van der Waals surface area contributed by atoms with Gasteiger partial charge in [-0.25, -0.2) is 0 Å². The molecule has 0 saturated carbocycles. The fourth-order valence-corrected chi connectivity index (χ4v) is 4.07. The van der Waals surface area contributed by atoms with Gasteiger partial charge in [0.25, 0.3) is 0 Å². The van der Waals surface area contributed by atoms with E-state index < -0.39 is 11.8 Å². The molecule has 0 radical (unpaired) electrons. The minimum absolute atomic E-state index is 0.118. The number of carbonyl (C=O) groups is 2. The second kappa shape index (κ2) is 11.1. The summed E-state index contributed by atoms with van der Waals surface area (Å²) in [5.74, 6) is -1.20. The summed E-state index contributed by atoms with van der Waals surface area (Å²) in [6.45, 7) is 9.86. The Bertz CT molecular complexity index is 875. The second-order valence-electron chi connectivity index (χ2n) is 8.26. The maximum absolute atomic E-state index is 12.2. The quantitative estimate of drug-likeness (QED) is 0.528. The molecule has 0 unspecified atom stereocenters. The van der Waals surface area contributed by atoms with Crippen molar-refractivity contribution in [3.05, 3.63) is 64.7 Å². The van der Waals surface area contributed by atoms with Gasteiger partial charge in [-0.05, 0) is 56.8 Å². The molecule has 2 amide bonds. The van der Waals surface area contributed by atoms with E-state index in [1.54, 1.807) is 0 Å². The number of anilines is 1. The summed E-state index contributed by atoms with van der Waals surface area (Å²) in [4.78, 5) is 26.8. The van der Waals surface area contributed by atoms with E-state index >= 15 is 0 Å². The normalized spacial score (nSPS) is 16.7. The molecule has 6 nitrogen and oxygen atoms in total. The highest BCUT2D eigenvalue weighted by Crippen LogP contribution is 2.23. The van der Waals surface area contributed by atoms with E-state index in [0.717, 1.165) is 55.8 Å². The van der Waals surface area contributed by atoms with Crippen molar-refractivity contribution in [1.82, 2.24) is 10.2 Å². The molecule has 2 aromatic rings. The number of nitrogens with zero attached hydrogens (tertiary/aromatic N) is 1. The van der Waals surface area contributed by atoms with Gasteiger partial charge in [-0.2, -0.15) is 0 Å². The van der Waals surface area contributed by atoms with Crippen molar-refractivity contribution in [2.24, 2.45) is 0 Å². The third-order valence-corrected chi connectivity index (χ3v) is 5.63. The number of unbranched alkanes of at least 4 members (excludes halogenated alkanes) is 1. The summed E-state index contributed by atoms with van der Waals surface area (Å²) in [5.41, 5.74) is 4.97. The maximum atomic E-state index is 12.2. The Morgan fingerprint density at radius 2 is 1.74 bits per heavy atom. The van der Waals surface area contributed by atoms with Crippen molar-refractivity contribution in [3.8, 4) is 0 Å². The number of morpholine rings is 1. The van der Waals surface area contributed by atoms with E-state index in [1.165, 1.54) is 5.56 Å². The third kappa shape index (κ3) is 6.64. The van der Waals surface area contributed by atoms with Gasteiger partial charge >= 0.3 is 11.8 Å². The number of nitrogens with one attached hydrogen (secondary N) is 2. The van der Waals surface area contributed by atoms with Crippen molar-refractivity contribution in [3.63, 3.8) is 0 Å². The first-order valence-corrected chi connectivity index (χ1v) is 11.0. The van der Waals surface area contributed by atoms with Gasteiger partial charge in [-0.15, -0.1) is 0 Å². The standard InChI is InChI=1S/C25H33N3O3/c1-18-15-19(2)23(20(3)16-18)27-25(30)24(29)26-11-7-8-12-28-13-14-31-22(17-28)21-9-5-4-6-10-21/h4-6,9-10,15-16,22H,7-8,11-14,17H2,1-3H3,(H,26,29)(H,27,30)/t22-/m1/s1.